The van der Waals surface area contributed by atoms with Gasteiger partial charge in [-0.1, -0.05) is 44.1 Å². The molecule has 5 nitrogen and oxygen atoms in total. The third-order valence-corrected chi connectivity index (χ3v) is 3.99. The minimum atomic E-state index is 0.339. The molecule has 0 aliphatic heterocycles. The van der Waals surface area contributed by atoms with Crippen molar-refractivity contribution in [3.05, 3.63) is 52.9 Å². The van der Waals surface area contributed by atoms with Crippen molar-refractivity contribution in [3.8, 4) is 0 Å². The number of nitrogens with one attached hydrogen (secondary N) is 1. The SMILES string of the molecule is CCCCCC1=CC=C(CN=C(N)Nc2nc(C)cc(C)n2)CC=C1. The van der Waals surface area contributed by atoms with Gasteiger partial charge in [-0.15, -0.1) is 0 Å². The van der Waals surface area contributed by atoms with Crippen LogP contribution < -0.4 is 11.1 Å². The maximum Gasteiger partial charge on any atom is 0.229 e. The number of aryl methyl sites for hydroxylation is 2. The van der Waals surface area contributed by atoms with Crippen molar-refractivity contribution in [2.75, 3.05) is 11.9 Å². The lowest BCUT2D eigenvalue weighted by molar-refractivity contribution is 0.719. The number of anilines is 1. The third kappa shape index (κ3) is 6.91. The lowest BCUT2D eigenvalue weighted by Gasteiger charge is -2.06. The molecule has 134 valence electrons. The average Bonchev–Trinajstić information content (AvgIpc) is 2.77. The molecule has 3 N–H and O–H groups in total. The Labute approximate surface area is 150 Å². The van der Waals surface area contributed by atoms with Crippen LogP contribution in [0.2, 0.25) is 0 Å². The van der Waals surface area contributed by atoms with Crippen molar-refractivity contribution < 1.29 is 0 Å². The summed E-state index contributed by atoms with van der Waals surface area (Å²) < 4.78 is 0. The number of rotatable bonds is 7. The first-order valence-corrected chi connectivity index (χ1v) is 9.01. The van der Waals surface area contributed by atoms with Crippen LogP contribution in [0.5, 0.6) is 0 Å². The van der Waals surface area contributed by atoms with Crippen molar-refractivity contribution in [2.45, 2.75) is 52.9 Å². The first-order chi connectivity index (χ1) is 12.1. The second-order valence-electron chi connectivity index (χ2n) is 6.43. The van der Waals surface area contributed by atoms with E-state index in [1.54, 1.807) is 0 Å². The molecule has 0 aromatic carbocycles. The predicted molar refractivity (Wildman–Crippen MR) is 106 cm³/mol. The van der Waals surface area contributed by atoms with Gasteiger partial charge in [0.05, 0.1) is 6.54 Å². The highest BCUT2D eigenvalue weighted by Crippen LogP contribution is 2.16. The summed E-state index contributed by atoms with van der Waals surface area (Å²) in [4.78, 5) is 13.0. The van der Waals surface area contributed by atoms with E-state index in [1.165, 1.54) is 30.4 Å². The van der Waals surface area contributed by atoms with Crippen LogP contribution in [-0.4, -0.2) is 22.5 Å². The van der Waals surface area contributed by atoms with Crippen LogP contribution in [-0.2, 0) is 0 Å². The predicted octanol–water partition coefficient (Wildman–Crippen LogP) is 4.21. The van der Waals surface area contributed by atoms with Crippen molar-refractivity contribution in [1.82, 2.24) is 9.97 Å². The summed E-state index contributed by atoms with van der Waals surface area (Å²) in [6.45, 7) is 6.67. The topological polar surface area (TPSA) is 76.2 Å². The molecule has 0 saturated heterocycles. The molecule has 25 heavy (non-hydrogen) atoms. The summed E-state index contributed by atoms with van der Waals surface area (Å²) in [6.07, 6.45) is 14.7. The highest BCUT2D eigenvalue weighted by atomic mass is 15.2. The Morgan fingerprint density at radius 1 is 1.20 bits per heavy atom. The second-order valence-corrected chi connectivity index (χ2v) is 6.43. The molecule has 0 fully saturated rings. The standard InChI is InChI=1S/C20H29N5/c1-4-5-6-8-17-9-7-10-18(12-11-17)14-22-19(21)25-20-23-15(2)13-16(3)24-20/h7,9,11-13H,4-6,8,10,14H2,1-3H3,(H3,21,22,23,24,25). The highest BCUT2D eigenvalue weighted by molar-refractivity contribution is 5.90. The number of guanidine groups is 1. The van der Waals surface area contributed by atoms with E-state index in [0.29, 0.717) is 18.5 Å². The highest BCUT2D eigenvalue weighted by Gasteiger charge is 2.03. The molecule has 0 unspecified atom stereocenters. The van der Waals surface area contributed by atoms with Crippen LogP contribution >= 0.6 is 0 Å². The molecule has 1 aromatic heterocycles. The van der Waals surface area contributed by atoms with Gasteiger partial charge >= 0.3 is 0 Å². The van der Waals surface area contributed by atoms with Crippen molar-refractivity contribution in [1.29, 1.82) is 0 Å². The lowest BCUT2D eigenvalue weighted by Crippen LogP contribution is -2.24. The lowest BCUT2D eigenvalue weighted by atomic mass is 10.1. The van der Waals surface area contributed by atoms with Gasteiger partial charge in [0.1, 0.15) is 0 Å². The Morgan fingerprint density at radius 2 is 1.96 bits per heavy atom. The molecule has 2 rings (SSSR count). The molecule has 1 aliphatic rings. The zero-order chi connectivity index (χ0) is 18.1. The zero-order valence-corrected chi connectivity index (χ0v) is 15.5. The first-order valence-electron chi connectivity index (χ1n) is 9.01. The minimum absolute atomic E-state index is 0.339. The van der Waals surface area contributed by atoms with Gasteiger partial charge in [0.2, 0.25) is 5.95 Å². The Morgan fingerprint density at radius 3 is 2.68 bits per heavy atom. The molecule has 1 aliphatic carbocycles. The minimum Gasteiger partial charge on any atom is -0.370 e. The van der Waals surface area contributed by atoms with E-state index in [2.05, 4.69) is 51.5 Å². The molecular weight excluding hydrogens is 310 g/mol. The fourth-order valence-electron chi connectivity index (χ4n) is 2.70. The van der Waals surface area contributed by atoms with Crippen LogP contribution in [0.3, 0.4) is 0 Å². The van der Waals surface area contributed by atoms with E-state index in [-0.39, 0.29) is 0 Å². The average molecular weight is 339 g/mol. The van der Waals surface area contributed by atoms with Crippen LogP contribution in [0.1, 0.15) is 50.4 Å². The summed E-state index contributed by atoms with van der Waals surface area (Å²) in [5, 5.41) is 2.97. The summed E-state index contributed by atoms with van der Waals surface area (Å²) in [6, 6.07) is 1.92. The Balaban J connectivity index is 1.92. The van der Waals surface area contributed by atoms with E-state index < -0.39 is 0 Å². The molecule has 0 atom stereocenters. The Bertz CT molecular complexity index is 678. The molecule has 0 spiro atoms. The molecule has 0 saturated carbocycles. The molecule has 0 radical (unpaired) electrons. The number of nitrogens with zero attached hydrogens (tertiary/aromatic N) is 3. The second kappa shape index (κ2) is 9.77. The van der Waals surface area contributed by atoms with Crippen LogP contribution in [0, 0.1) is 13.8 Å². The number of hydrogen-bond donors (Lipinski definition) is 2. The fourth-order valence-corrected chi connectivity index (χ4v) is 2.70. The number of unbranched alkanes of at least 4 members (excludes halogenated alkanes) is 2. The Kier molecular flexibility index (Phi) is 7.38. The fraction of sp³-hybridized carbons (Fsp3) is 0.450. The summed E-state index contributed by atoms with van der Waals surface area (Å²) in [7, 11) is 0. The smallest absolute Gasteiger partial charge is 0.229 e. The molecule has 1 heterocycles. The molecule has 1 aromatic rings. The number of aromatic nitrogens is 2. The van der Waals surface area contributed by atoms with Gasteiger partial charge in [-0.05, 0) is 50.3 Å². The van der Waals surface area contributed by atoms with Gasteiger partial charge in [-0.25, -0.2) is 15.0 Å². The van der Waals surface area contributed by atoms with Crippen molar-refractivity contribution >= 4 is 11.9 Å². The first kappa shape index (κ1) is 18.9. The monoisotopic (exact) mass is 339 g/mol. The van der Waals surface area contributed by atoms with Crippen molar-refractivity contribution in [3.63, 3.8) is 0 Å². The van der Waals surface area contributed by atoms with E-state index in [0.717, 1.165) is 24.2 Å². The van der Waals surface area contributed by atoms with Crippen molar-refractivity contribution in [2.24, 2.45) is 10.7 Å². The quantitative estimate of drug-likeness (QED) is 0.443. The van der Waals surface area contributed by atoms with Gasteiger partial charge in [0.15, 0.2) is 5.96 Å². The number of aliphatic imine (C=N–C) groups is 1. The number of hydrogen-bond acceptors (Lipinski definition) is 3. The van der Waals surface area contributed by atoms with Crippen LogP contribution in [0.25, 0.3) is 0 Å². The third-order valence-electron chi connectivity index (χ3n) is 3.99. The molecule has 0 amide bonds. The number of nitrogens with two attached hydrogens (primary N) is 1. The van der Waals surface area contributed by atoms with Gasteiger partial charge in [-0.3, -0.25) is 5.32 Å². The molecule has 0 bridgehead atoms. The maximum absolute atomic E-state index is 5.97. The van der Waals surface area contributed by atoms with E-state index >= 15 is 0 Å². The Hall–Kier alpha value is -2.43. The van der Waals surface area contributed by atoms with Gasteiger partial charge in [0, 0.05) is 11.4 Å². The van der Waals surface area contributed by atoms with E-state index in [1.807, 2.05) is 19.9 Å². The van der Waals surface area contributed by atoms with Gasteiger partial charge in [0.25, 0.3) is 0 Å². The number of allylic oxidation sites excluding steroid dienone is 5. The van der Waals surface area contributed by atoms with Crippen LogP contribution in [0.15, 0.2) is 46.5 Å². The largest absolute Gasteiger partial charge is 0.370 e. The van der Waals surface area contributed by atoms with E-state index in [9.17, 15) is 0 Å². The normalized spacial score (nSPS) is 14.8. The van der Waals surface area contributed by atoms with Gasteiger partial charge in [-0.2, -0.15) is 0 Å². The summed E-state index contributed by atoms with van der Waals surface area (Å²) >= 11 is 0. The summed E-state index contributed by atoms with van der Waals surface area (Å²) in [5.74, 6) is 0.831. The zero-order valence-electron chi connectivity index (χ0n) is 15.5. The maximum atomic E-state index is 5.97. The van der Waals surface area contributed by atoms with Gasteiger partial charge < -0.3 is 5.73 Å². The summed E-state index contributed by atoms with van der Waals surface area (Å²) in [5.41, 5.74) is 10.4. The van der Waals surface area contributed by atoms with Crippen LogP contribution in [0.4, 0.5) is 5.95 Å². The molecule has 5 heteroatoms. The van der Waals surface area contributed by atoms with E-state index in [4.69, 9.17) is 5.73 Å². The molecular formula is C20H29N5.